The molecule has 1 aliphatic heterocycles. The highest BCUT2D eigenvalue weighted by molar-refractivity contribution is 5.41. The van der Waals surface area contributed by atoms with Gasteiger partial charge in [0.1, 0.15) is 18.1 Å². The molecule has 0 radical (unpaired) electrons. The second kappa shape index (κ2) is 4.90. The fourth-order valence-corrected chi connectivity index (χ4v) is 2.25. The van der Waals surface area contributed by atoms with E-state index in [4.69, 9.17) is 9.47 Å². The molecule has 0 saturated carbocycles. The molecule has 0 aliphatic carbocycles. The maximum Gasteiger partial charge on any atom is 0.124 e. The molecule has 3 nitrogen and oxygen atoms in total. The van der Waals surface area contributed by atoms with Crippen molar-refractivity contribution in [1.82, 2.24) is 5.32 Å². The monoisotopic (exact) mass is 249 g/mol. The second-order valence-electron chi connectivity index (χ2n) is 5.88. The highest BCUT2D eigenvalue weighted by Gasteiger charge is 2.27. The minimum atomic E-state index is 0.0808. The van der Waals surface area contributed by atoms with E-state index in [1.54, 1.807) is 7.11 Å². The minimum absolute atomic E-state index is 0.0808. The SMILES string of the molecule is COc1ccc(C(C)(C)C)cc1C1CNC(C)O1. The van der Waals surface area contributed by atoms with Crippen molar-refractivity contribution in [1.29, 1.82) is 0 Å². The molecule has 100 valence electrons. The molecule has 1 aliphatic rings. The van der Waals surface area contributed by atoms with E-state index in [1.165, 1.54) is 5.56 Å². The van der Waals surface area contributed by atoms with Gasteiger partial charge in [0.05, 0.1) is 7.11 Å². The standard InChI is InChI=1S/C15H23NO2/c1-10-16-9-14(18-10)12-8-11(15(2,3)4)6-7-13(12)17-5/h6-8,10,14,16H,9H2,1-5H3. The van der Waals surface area contributed by atoms with Crippen molar-refractivity contribution in [2.75, 3.05) is 13.7 Å². The normalized spacial score (nSPS) is 24.3. The van der Waals surface area contributed by atoms with E-state index in [-0.39, 0.29) is 17.7 Å². The summed E-state index contributed by atoms with van der Waals surface area (Å²) in [5.41, 5.74) is 2.59. The molecular formula is C15H23NO2. The van der Waals surface area contributed by atoms with Gasteiger partial charge in [-0.2, -0.15) is 0 Å². The molecule has 18 heavy (non-hydrogen) atoms. The molecule has 0 spiro atoms. The number of benzene rings is 1. The van der Waals surface area contributed by atoms with Gasteiger partial charge in [-0.3, -0.25) is 5.32 Å². The zero-order valence-corrected chi connectivity index (χ0v) is 11.9. The summed E-state index contributed by atoms with van der Waals surface area (Å²) in [6, 6.07) is 6.39. The number of rotatable bonds is 2. The molecule has 2 rings (SSSR count). The molecule has 1 aromatic carbocycles. The molecule has 2 unspecified atom stereocenters. The summed E-state index contributed by atoms with van der Waals surface area (Å²) in [5, 5.41) is 3.30. The summed E-state index contributed by atoms with van der Waals surface area (Å²) in [6.07, 6.45) is 0.190. The number of ether oxygens (including phenoxy) is 2. The van der Waals surface area contributed by atoms with Gasteiger partial charge in [0.2, 0.25) is 0 Å². The zero-order chi connectivity index (χ0) is 13.3. The lowest BCUT2D eigenvalue weighted by atomic mass is 9.85. The fraction of sp³-hybridized carbons (Fsp3) is 0.600. The van der Waals surface area contributed by atoms with E-state index >= 15 is 0 Å². The Hall–Kier alpha value is -1.06. The smallest absolute Gasteiger partial charge is 0.124 e. The van der Waals surface area contributed by atoms with Crippen molar-refractivity contribution in [3.8, 4) is 5.75 Å². The highest BCUT2D eigenvalue weighted by atomic mass is 16.5. The third kappa shape index (κ3) is 2.68. The van der Waals surface area contributed by atoms with Gasteiger partial charge in [0.15, 0.2) is 0 Å². The van der Waals surface area contributed by atoms with E-state index in [1.807, 2.05) is 13.0 Å². The molecule has 1 heterocycles. The van der Waals surface area contributed by atoms with Gasteiger partial charge in [-0.1, -0.05) is 26.8 Å². The van der Waals surface area contributed by atoms with Crippen LogP contribution in [0, 0.1) is 0 Å². The van der Waals surface area contributed by atoms with Crippen molar-refractivity contribution >= 4 is 0 Å². The second-order valence-corrected chi connectivity index (χ2v) is 5.88. The van der Waals surface area contributed by atoms with Crippen LogP contribution in [0.3, 0.4) is 0 Å². The van der Waals surface area contributed by atoms with Crippen LogP contribution >= 0.6 is 0 Å². The van der Waals surface area contributed by atoms with Crippen LogP contribution in [0.15, 0.2) is 18.2 Å². The fourth-order valence-electron chi connectivity index (χ4n) is 2.25. The lowest BCUT2D eigenvalue weighted by molar-refractivity contribution is 0.0515. The molecule has 0 bridgehead atoms. The van der Waals surface area contributed by atoms with E-state index in [0.29, 0.717) is 0 Å². The van der Waals surface area contributed by atoms with E-state index < -0.39 is 0 Å². The minimum Gasteiger partial charge on any atom is -0.496 e. The van der Waals surface area contributed by atoms with Gasteiger partial charge in [-0.25, -0.2) is 0 Å². The predicted octanol–water partition coefficient (Wildman–Crippen LogP) is 3.00. The van der Waals surface area contributed by atoms with Gasteiger partial charge >= 0.3 is 0 Å². The van der Waals surface area contributed by atoms with E-state index in [9.17, 15) is 0 Å². The number of hydrogen-bond donors (Lipinski definition) is 1. The van der Waals surface area contributed by atoms with Crippen LogP contribution in [-0.2, 0) is 10.2 Å². The Morgan fingerprint density at radius 3 is 2.56 bits per heavy atom. The molecule has 1 saturated heterocycles. The van der Waals surface area contributed by atoms with Gasteiger partial charge in [-0.15, -0.1) is 0 Å². The van der Waals surface area contributed by atoms with E-state index in [2.05, 4.69) is 38.2 Å². The molecule has 3 heteroatoms. The van der Waals surface area contributed by atoms with Crippen LogP contribution in [0.4, 0.5) is 0 Å². The first kappa shape index (κ1) is 13.4. The van der Waals surface area contributed by atoms with Crippen molar-refractivity contribution < 1.29 is 9.47 Å². The van der Waals surface area contributed by atoms with Crippen LogP contribution < -0.4 is 10.1 Å². The average Bonchev–Trinajstić information content (AvgIpc) is 2.73. The highest BCUT2D eigenvalue weighted by Crippen LogP contribution is 2.34. The lowest BCUT2D eigenvalue weighted by Crippen LogP contribution is -2.17. The maximum atomic E-state index is 5.87. The number of nitrogens with one attached hydrogen (secondary N) is 1. The van der Waals surface area contributed by atoms with Crippen molar-refractivity contribution in [3.05, 3.63) is 29.3 Å². The third-order valence-electron chi connectivity index (χ3n) is 3.40. The molecule has 0 amide bonds. The Labute approximate surface area is 109 Å². The molecule has 1 aromatic rings. The first-order chi connectivity index (χ1) is 8.41. The largest absolute Gasteiger partial charge is 0.496 e. The summed E-state index contributed by atoms with van der Waals surface area (Å²) in [4.78, 5) is 0. The van der Waals surface area contributed by atoms with Crippen LogP contribution in [-0.4, -0.2) is 19.9 Å². The molecule has 0 aromatic heterocycles. The van der Waals surface area contributed by atoms with Crippen LogP contribution in [0.25, 0.3) is 0 Å². The first-order valence-electron chi connectivity index (χ1n) is 6.49. The zero-order valence-electron chi connectivity index (χ0n) is 11.9. The molecular weight excluding hydrogens is 226 g/mol. The summed E-state index contributed by atoms with van der Waals surface area (Å²) in [7, 11) is 1.71. The Morgan fingerprint density at radius 2 is 2.06 bits per heavy atom. The third-order valence-corrected chi connectivity index (χ3v) is 3.40. The summed E-state index contributed by atoms with van der Waals surface area (Å²) >= 11 is 0. The number of hydrogen-bond acceptors (Lipinski definition) is 3. The quantitative estimate of drug-likeness (QED) is 0.874. The molecule has 1 fully saturated rings. The summed E-state index contributed by atoms with van der Waals surface area (Å²) in [6.45, 7) is 9.52. The number of methoxy groups -OCH3 is 1. The van der Waals surface area contributed by atoms with Crippen molar-refractivity contribution in [2.24, 2.45) is 0 Å². The van der Waals surface area contributed by atoms with Crippen LogP contribution in [0.2, 0.25) is 0 Å². The van der Waals surface area contributed by atoms with Crippen LogP contribution in [0.1, 0.15) is 44.9 Å². The molecule has 1 N–H and O–H groups in total. The van der Waals surface area contributed by atoms with Crippen LogP contribution in [0.5, 0.6) is 5.75 Å². The average molecular weight is 249 g/mol. The molecule has 2 atom stereocenters. The topological polar surface area (TPSA) is 30.5 Å². The lowest BCUT2D eigenvalue weighted by Gasteiger charge is -2.22. The Bertz CT molecular complexity index is 423. The van der Waals surface area contributed by atoms with Crippen molar-refractivity contribution in [2.45, 2.75) is 45.4 Å². The van der Waals surface area contributed by atoms with Gasteiger partial charge < -0.3 is 9.47 Å². The predicted molar refractivity (Wildman–Crippen MR) is 73.0 cm³/mol. The Morgan fingerprint density at radius 1 is 1.33 bits per heavy atom. The van der Waals surface area contributed by atoms with Crippen molar-refractivity contribution in [3.63, 3.8) is 0 Å². The van der Waals surface area contributed by atoms with E-state index in [0.717, 1.165) is 17.9 Å². The Kier molecular flexibility index (Phi) is 3.64. The van der Waals surface area contributed by atoms with Gasteiger partial charge in [-0.05, 0) is 30.0 Å². The van der Waals surface area contributed by atoms with Gasteiger partial charge in [0.25, 0.3) is 0 Å². The first-order valence-corrected chi connectivity index (χ1v) is 6.49. The Balaban J connectivity index is 2.37. The maximum absolute atomic E-state index is 5.87. The van der Waals surface area contributed by atoms with Gasteiger partial charge in [0, 0.05) is 12.1 Å². The summed E-state index contributed by atoms with van der Waals surface area (Å²) in [5.74, 6) is 0.906. The summed E-state index contributed by atoms with van der Waals surface area (Å²) < 4.78 is 11.3.